The molecule has 10 aromatic carbocycles. The highest BCUT2D eigenvalue weighted by Crippen LogP contribution is 2.54. The first kappa shape index (κ1) is 111. The number of nitrogens with zero attached hydrogens (tertiary/aromatic N) is 8. The lowest BCUT2D eigenvalue weighted by atomic mass is 9.42. The third kappa shape index (κ3) is 27.6. The zero-order valence-corrected chi connectivity index (χ0v) is 89.3. The normalized spacial score (nSPS) is 14.6. The molecule has 2 fully saturated rings. The molecule has 0 saturated carbocycles. The van der Waals surface area contributed by atoms with Crippen molar-refractivity contribution in [2.45, 2.75) is 192 Å². The zero-order valence-electron chi connectivity index (χ0n) is 81.4. The molecule has 141 heavy (non-hydrogen) atoms. The van der Waals surface area contributed by atoms with Crippen molar-refractivity contribution < 1.29 is 75.7 Å². The van der Waals surface area contributed by atoms with Crippen LogP contribution < -0.4 is 10.8 Å². The Morgan fingerprint density at radius 2 is 0.801 bits per heavy atom. The Bertz CT molecular complexity index is 6840. The molecule has 13 aromatic rings. The molecule has 15 rings (SSSR count). The van der Waals surface area contributed by atoms with Gasteiger partial charge in [-0.2, -0.15) is 13.2 Å². The van der Waals surface area contributed by atoms with Crippen molar-refractivity contribution >= 4 is 190 Å². The Morgan fingerprint density at radius 3 is 1.13 bits per heavy atom. The van der Waals surface area contributed by atoms with E-state index < -0.39 is 102 Å². The van der Waals surface area contributed by atoms with Crippen LogP contribution in [0.1, 0.15) is 169 Å². The van der Waals surface area contributed by atoms with E-state index >= 15 is 0 Å². The average molecular weight is 2170 g/mol. The van der Waals surface area contributed by atoms with E-state index in [1.54, 1.807) is 45.0 Å². The third-order valence-corrected chi connectivity index (χ3v) is 28.6. The maximum atomic E-state index is 14.4. The number of aryl methyl sites for hydroxylation is 3. The van der Waals surface area contributed by atoms with E-state index in [1.165, 1.54) is 64.3 Å². The summed E-state index contributed by atoms with van der Waals surface area (Å²) in [5.74, 6) is -3.88. The minimum atomic E-state index is -1.02. The van der Waals surface area contributed by atoms with E-state index in [1.807, 2.05) is 175 Å². The summed E-state index contributed by atoms with van der Waals surface area (Å²) in [5, 5.41) is 50.1. The second-order valence-corrected chi connectivity index (χ2v) is 44.6. The number of ether oxygens (including phenoxy) is 6. The summed E-state index contributed by atoms with van der Waals surface area (Å²) in [6, 6.07) is 44.9. The number of fused-ring (bicyclic) bond motifs is 3. The molecule has 0 bridgehead atoms. The number of carbonyl (C=O) groups excluding carboxylic acids is 3. The molecule has 744 valence electrons. The predicted molar refractivity (Wildman–Crippen MR) is 563 cm³/mol. The van der Waals surface area contributed by atoms with Crippen LogP contribution in [0.5, 0.6) is 0 Å². The van der Waals surface area contributed by atoms with Crippen LogP contribution >= 0.6 is 101 Å². The van der Waals surface area contributed by atoms with Crippen LogP contribution in [-0.2, 0) is 42.8 Å². The van der Waals surface area contributed by atoms with Gasteiger partial charge in [0.1, 0.15) is 15.7 Å². The van der Waals surface area contributed by atoms with Gasteiger partial charge < -0.3 is 38.6 Å². The molecule has 1 N–H and O–H groups in total. The van der Waals surface area contributed by atoms with Gasteiger partial charge in [0.15, 0.2) is 34.8 Å². The van der Waals surface area contributed by atoms with Gasteiger partial charge >= 0.3 is 35.0 Å². The smallest absolute Gasteiger partial charge is 0.339 e. The largest absolute Gasteiger partial charge is 0.464 e. The monoisotopic (exact) mass is 2170 g/mol. The number of carbonyl (C=O) groups is 3. The number of nitro groups is 4. The van der Waals surface area contributed by atoms with E-state index in [-0.39, 0.29) is 54.0 Å². The van der Waals surface area contributed by atoms with Crippen molar-refractivity contribution in [2.24, 2.45) is 10.8 Å². The Labute approximate surface area is 859 Å². The molecule has 2 aliphatic heterocycles. The van der Waals surface area contributed by atoms with Crippen LogP contribution in [0.4, 0.5) is 41.6 Å². The molecule has 0 amide bonds. The number of anilines is 1. The first-order valence-electron chi connectivity index (χ1n) is 45.1. The highest BCUT2D eigenvalue weighted by molar-refractivity contribution is 9.11. The van der Waals surface area contributed by atoms with Gasteiger partial charge in [0, 0.05) is 101 Å². The molecule has 3 aromatic heterocycles. The topological polar surface area (TPSA) is 333 Å². The lowest BCUT2D eigenvalue weighted by molar-refractivity contribution is -0.387. The van der Waals surface area contributed by atoms with E-state index in [0.29, 0.717) is 57.5 Å². The summed E-state index contributed by atoms with van der Waals surface area (Å²) < 4.78 is 79.8. The number of rotatable bonds is 24. The Balaban J connectivity index is 0.000000178. The van der Waals surface area contributed by atoms with Crippen LogP contribution in [0.3, 0.4) is 0 Å². The van der Waals surface area contributed by atoms with Crippen LogP contribution in [0.2, 0.25) is 27.7 Å². The molecule has 2 aliphatic rings. The lowest BCUT2D eigenvalue weighted by Gasteiger charge is -2.35. The maximum Gasteiger partial charge on any atom is 0.339 e. The predicted octanol–water partition coefficient (Wildman–Crippen LogP) is 29.2. The standard InChI is InChI=1S/C33H37ClN4O5S.C28H26ClFN2O5S.C22H23BrClNO3S.C14H19BFNO2.C6H3BrFNO2/c1-7-42-32(39)29(43-33(3,4)5)27-19(2)16-25-30(28(27)20-8-11-22(34)12-9-20)44-31(36-25)21-10-13-26(38(40)41)24(17-21)35-23-14-15-37(6)18-23;1-6-36-27(33)24(37-28(3,4)5)22-15(2)13-20-25(23(22)16-7-10-18(29)11-8-16)38-26(31-20)17-9-12-21(32(34)35)19(30)14-17;1-6-27-20(26)18(28-22(3,4)5)16-12(2)11-15-19(29-21(23)25-15)17(16)13-7-9-14(24)10-8-13;1-13(2)8-15(9-14(13,3)4)10-5-6-12(17(18)19)11(16)7-10;7-4-1-2-6(9(10)11)5(8)3-4/h8-13,16-17,23,29,35H,7,14-15,18H2,1-6H3;7-14,24H,6H2,1-5H3;7-11,18H,6H2,1-5H3;5-7H,8-9H2,1-4H3;1-3H/t23-,29-;24-;18-;;/m000../s1. The second kappa shape index (κ2) is 46.3. The van der Waals surface area contributed by atoms with Gasteiger partial charge in [-0.15, -0.1) is 34.0 Å². The van der Waals surface area contributed by atoms with Crippen molar-refractivity contribution in [3.8, 4) is 54.5 Å². The molecular formula is C103H108BBr2Cl3F3N9O17S3. The van der Waals surface area contributed by atoms with Crippen LogP contribution in [-0.4, -0.2) is 127 Å². The minimum absolute atomic E-state index is 0.0287. The number of thiazole rings is 3. The fourth-order valence-electron chi connectivity index (χ4n) is 16.6. The number of likely N-dealkylation sites (N-methyl/N-ethyl adjacent to an activating group) is 1. The number of nitro benzene ring substituents is 4. The molecule has 2 saturated heterocycles. The molecule has 0 unspecified atom stereocenters. The fourth-order valence-corrected chi connectivity index (χ4v) is 21.1. The molecule has 38 heteroatoms. The minimum Gasteiger partial charge on any atom is -0.464 e. The fraction of sp³-hybridized carbons (Fsp3) is 0.359. The number of esters is 3. The van der Waals surface area contributed by atoms with Crippen LogP contribution in [0.25, 0.3) is 85.2 Å². The number of nitrogens with one attached hydrogen (secondary N) is 1. The average Bonchev–Trinajstić information content (AvgIpc) is 1.55. The van der Waals surface area contributed by atoms with E-state index in [0.717, 1.165) is 152 Å². The molecule has 4 atom stereocenters. The second-order valence-electron chi connectivity index (χ2n) is 38.1. The third-order valence-electron chi connectivity index (χ3n) is 23.5. The SMILES string of the molecule is CC1(C)CB(c2ccc([N+](=O)[O-])c(F)c2)CC1(C)C.CCOC(=O)[C@@H](OC(C)(C)C)c1c(C)cc2nc(-c3ccc([N+](=O)[O-])c(F)c3)sc2c1-c1ccc(Cl)cc1.CCOC(=O)[C@@H](OC(C)(C)C)c1c(C)cc2nc(-c3ccc([N+](=O)[O-])c(N[C@H]4CCN(C)C4)c3)sc2c1-c1ccc(Cl)cc1.CCOC(=O)[C@@H](OC(C)(C)C)c1c(C)cc2nc(Br)sc2c1-c1ccc(Cl)cc1.O=[N+]([O-])c1ccc(Br)cc1F. The van der Waals surface area contributed by atoms with Gasteiger partial charge in [-0.1, -0.05) is 139 Å². The van der Waals surface area contributed by atoms with E-state index in [4.69, 9.17) is 73.2 Å². The van der Waals surface area contributed by atoms with Gasteiger partial charge in [0.05, 0.1) is 87.0 Å². The maximum absolute atomic E-state index is 14.4. The molecule has 26 nitrogen and oxygen atoms in total. The van der Waals surface area contributed by atoms with Crippen LogP contribution in [0, 0.1) is 89.5 Å². The molecular weight excluding hydrogens is 2070 g/mol. The van der Waals surface area contributed by atoms with E-state index in [2.05, 4.69) is 74.8 Å². The number of benzene rings is 10. The number of hydrogen-bond acceptors (Lipinski definition) is 25. The van der Waals surface area contributed by atoms with Gasteiger partial charge in [0.2, 0.25) is 11.6 Å². The van der Waals surface area contributed by atoms with E-state index in [9.17, 15) is 68.0 Å². The van der Waals surface area contributed by atoms with Crippen molar-refractivity contribution in [3.05, 3.63) is 279 Å². The summed E-state index contributed by atoms with van der Waals surface area (Å²) in [6.45, 7) is 39.8. The number of likely N-dealkylation sites (tertiary alicyclic amines) is 1. The van der Waals surface area contributed by atoms with Gasteiger partial charge in [-0.3, -0.25) is 40.5 Å². The molecule has 0 radical (unpaired) electrons. The Kier molecular flexibility index (Phi) is 36.3. The van der Waals surface area contributed by atoms with Crippen molar-refractivity contribution in [1.29, 1.82) is 0 Å². The van der Waals surface area contributed by atoms with Crippen molar-refractivity contribution in [3.63, 3.8) is 0 Å². The zero-order chi connectivity index (χ0) is 104. The summed E-state index contributed by atoms with van der Waals surface area (Å²) >= 11 is 29.3. The van der Waals surface area contributed by atoms with Gasteiger partial charge in [-0.05, 0) is 281 Å². The molecule has 0 spiro atoms. The quantitative estimate of drug-likeness (QED) is 0.0193. The van der Waals surface area contributed by atoms with Gasteiger partial charge in [-0.25, -0.2) is 29.3 Å². The summed E-state index contributed by atoms with van der Waals surface area (Å²) in [5.41, 5.74) is 11.5. The highest BCUT2D eigenvalue weighted by Gasteiger charge is 2.49. The first-order chi connectivity index (χ1) is 66.1. The summed E-state index contributed by atoms with van der Waals surface area (Å²) in [4.78, 5) is 97.2. The van der Waals surface area contributed by atoms with Crippen molar-refractivity contribution in [1.82, 2.24) is 19.9 Å². The Hall–Kier alpha value is -10.8. The summed E-state index contributed by atoms with van der Waals surface area (Å²) in [7, 11) is 2.04. The van der Waals surface area contributed by atoms with Gasteiger partial charge in [0.25, 0.3) is 5.69 Å². The molecule has 5 heterocycles. The number of aromatic nitrogens is 3. The number of halogens is 8. The Morgan fingerprint density at radius 1 is 0.475 bits per heavy atom. The lowest BCUT2D eigenvalue weighted by Crippen LogP contribution is -2.29. The summed E-state index contributed by atoms with van der Waals surface area (Å²) in [6.07, 6.45) is 0.0202. The first-order valence-corrected chi connectivity index (χ1v) is 50.3. The van der Waals surface area contributed by atoms with Crippen molar-refractivity contribution in [2.75, 3.05) is 45.3 Å². The van der Waals surface area contributed by atoms with Crippen LogP contribution in [0.15, 0.2) is 172 Å². The number of hydrogen-bond donors (Lipinski definition) is 1. The molecule has 0 aliphatic carbocycles. The highest BCUT2D eigenvalue weighted by atomic mass is 79.9.